The lowest BCUT2D eigenvalue weighted by molar-refractivity contribution is -0.173. The number of anilines is 2. The van der Waals surface area contributed by atoms with E-state index >= 15 is 9.13 Å². The SMILES string of the molecule is CC(=O)CCc1cc2c(c(Cl)c1OC(=O)C(C)(C)C)Oc1c(cc3c4c1CCCN4CCC3)C21OC(=O)c2ccc(P(=O)(OCCCCNC(=O)C(F)(F)F)OCCCCNC(=O)C(F)(F)F)cc21.CC(=O)CCc1cc2c(c(Cl)c1OC(=O)C(C)(C)C)Oc1c(cc3c4c1CCCN4CCC3)C21OC(=O)c2ccc(P(=O)(OCCCCNC(=O)C(F)(F)F)OCCCCNC(=O)C(F)(F)F)cc21. The third-order valence-electron chi connectivity index (χ3n) is 24.3. The molecule has 0 radical (unpaired) electrons. The maximum atomic E-state index is 15.1. The molecule has 0 saturated carbocycles. The molecule has 0 bridgehead atoms. The molecule has 2 atom stereocenters. The van der Waals surface area contributed by atoms with Crippen LogP contribution in [0.4, 0.5) is 64.1 Å². The second-order valence-corrected chi connectivity index (χ2v) is 41.4. The van der Waals surface area contributed by atoms with Gasteiger partial charge in [0.2, 0.25) is 0 Å². The first-order chi connectivity index (χ1) is 64.7. The Kier molecular flexibility index (Phi) is 31.5. The lowest BCUT2D eigenvalue weighted by Crippen LogP contribution is -2.38. The quantitative estimate of drug-likeness (QED) is 0.00958. The average molecular weight is 2030 g/mol. The van der Waals surface area contributed by atoms with Crippen LogP contribution in [0.25, 0.3) is 0 Å². The van der Waals surface area contributed by atoms with Gasteiger partial charge >= 0.3 is 87.4 Å². The number of nitrogens with one attached hydrogen (secondary N) is 4. The Morgan fingerprint density at radius 1 is 0.413 bits per heavy atom. The van der Waals surface area contributed by atoms with E-state index in [4.69, 9.17) is 69.7 Å². The predicted molar refractivity (Wildman–Crippen MR) is 477 cm³/mol. The summed E-state index contributed by atoms with van der Waals surface area (Å²) >= 11 is 14.6. The molecule has 4 amide bonds. The van der Waals surface area contributed by atoms with Gasteiger partial charge in [-0.25, -0.2) is 9.59 Å². The van der Waals surface area contributed by atoms with Crippen LogP contribution in [-0.2, 0) is 125 Å². The number of aryl methyl sites for hydroxylation is 4. The lowest BCUT2D eigenvalue weighted by atomic mass is 9.74. The number of unbranched alkanes of at least 4 members (excludes halogenated alkanes) is 4. The number of hydrogen-bond donors (Lipinski definition) is 4. The van der Waals surface area contributed by atoms with E-state index in [0.29, 0.717) is 59.4 Å². The number of carbonyl (C=O) groups excluding carboxylic acids is 10. The van der Waals surface area contributed by atoms with Gasteiger partial charge in [0, 0.05) is 121 Å². The fourth-order valence-corrected chi connectivity index (χ4v) is 21.5. The fourth-order valence-electron chi connectivity index (χ4n) is 17.5. The maximum absolute atomic E-state index is 15.1. The summed E-state index contributed by atoms with van der Waals surface area (Å²) in [6.07, 6.45) is -14.8. The van der Waals surface area contributed by atoms with Crippen molar-refractivity contribution in [1.82, 2.24) is 21.3 Å². The molecule has 138 heavy (non-hydrogen) atoms. The van der Waals surface area contributed by atoms with Crippen molar-refractivity contribution in [3.05, 3.63) is 149 Å². The van der Waals surface area contributed by atoms with Crippen LogP contribution in [0, 0.1) is 10.8 Å². The van der Waals surface area contributed by atoms with Crippen LogP contribution < -0.4 is 60.6 Å². The summed E-state index contributed by atoms with van der Waals surface area (Å²) < 4.78 is 246. The zero-order valence-electron chi connectivity index (χ0n) is 76.5. The second kappa shape index (κ2) is 41.5. The maximum Gasteiger partial charge on any atom is 0.471 e. The van der Waals surface area contributed by atoms with E-state index in [1.165, 1.54) is 50.2 Å². The van der Waals surface area contributed by atoms with Gasteiger partial charge in [0.25, 0.3) is 0 Å². The summed E-state index contributed by atoms with van der Waals surface area (Å²) in [6.45, 7) is 12.9. The summed E-state index contributed by atoms with van der Waals surface area (Å²) in [5.74, 6) is -11.2. The minimum Gasteiger partial charge on any atom is -0.454 e. The van der Waals surface area contributed by atoms with Crippen molar-refractivity contribution in [1.29, 1.82) is 0 Å². The number of carbonyl (C=O) groups is 10. The van der Waals surface area contributed by atoms with Crippen LogP contribution >= 0.6 is 38.4 Å². The van der Waals surface area contributed by atoms with Gasteiger partial charge in [0.15, 0.2) is 34.2 Å². The summed E-state index contributed by atoms with van der Waals surface area (Å²) in [7, 11) is -9.05. The van der Waals surface area contributed by atoms with E-state index in [9.17, 15) is 101 Å². The number of amides is 4. The third-order valence-corrected chi connectivity index (χ3v) is 28.9. The van der Waals surface area contributed by atoms with Crippen molar-refractivity contribution in [2.24, 2.45) is 10.8 Å². The largest absolute Gasteiger partial charge is 0.471 e. The number of hydrogen-bond acceptors (Lipinski definition) is 24. The Bertz CT molecular complexity index is 5500. The van der Waals surface area contributed by atoms with Crippen molar-refractivity contribution in [2.45, 2.75) is 220 Å². The van der Waals surface area contributed by atoms with Crippen LogP contribution in [-0.4, -0.2) is 163 Å². The van der Waals surface area contributed by atoms with Gasteiger partial charge in [-0.1, -0.05) is 23.2 Å². The smallest absolute Gasteiger partial charge is 0.454 e. The molecule has 8 aliphatic heterocycles. The summed E-state index contributed by atoms with van der Waals surface area (Å²) in [6, 6.07) is 15.3. The van der Waals surface area contributed by atoms with Gasteiger partial charge in [-0.05, 0) is 254 Å². The van der Waals surface area contributed by atoms with Crippen molar-refractivity contribution in [3.63, 3.8) is 0 Å². The Morgan fingerprint density at radius 3 is 1.00 bits per heavy atom. The molecule has 28 nitrogen and oxygen atoms in total. The normalized spacial score (nSPS) is 17.3. The summed E-state index contributed by atoms with van der Waals surface area (Å²) in [4.78, 5) is 130. The first-order valence-corrected chi connectivity index (χ1v) is 48.9. The Labute approximate surface area is 795 Å². The highest BCUT2D eigenvalue weighted by molar-refractivity contribution is 7.62. The first kappa shape index (κ1) is 105. The molecule has 0 aromatic heterocycles. The second-order valence-electron chi connectivity index (χ2n) is 36.6. The van der Waals surface area contributed by atoms with Crippen molar-refractivity contribution >= 4 is 119 Å². The van der Waals surface area contributed by atoms with E-state index in [1.54, 1.807) is 74.9 Å². The average Bonchev–Trinajstić information content (AvgIpc) is 1.62. The first-order valence-electron chi connectivity index (χ1n) is 45.1. The monoisotopic (exact) mass is 2030 g/mol. The molecule has 2 spiro atoms. The number of nitrogens with zero attached hydrogens (tertiary/aromatic N) is 2. The molecule has 0 saturated heterocycles. The fraction of sp³-hybridized carbons (Fsp3) is 0.511. The molecular weight excluding hydrogens is 1930 g/mol. The van der Waals surface area contributed by atoms with Gasteiger partial charge in [-0.2, -0.15) is 52.7 Å². The molecule has 2 unspecified atom stereocenters. The van der Waals surface area contributed by atoms with Crippen molar-refractivity contribution < 1.29 is 156 Å². The number of benzene rings is 6. The number of ketones is 2. The lowest BCUT2D eigenvalue weighted by Gasteiger charge is -2.43. The minimum atomic E-state index is -5.10. The Balaban J connectivity index is 0.000000233. The van der Waals surface area contributed by atoms with Gasteiger partial charge in [0.1, 0.15) is 33.1 Å². The molecule has 6 aromatic carbocycles. The Morgan fingerprint density at radius 2 is 0.710 bits per heavy atom. The molecule has 8 aliphatic rings. The van der Waals surface area contributed by atoms with Crippen LogP contribution in [0.1, 0.15) is 233 Å². The summed E-state index contributed by atoms with van der Waals surface area (Å²) in [5, 5.41) is 6.51. The number of esters is 4. The minimum absolute atomic E-state index is 0.00597. The highest BCUT2D eigenvalue weighted by atomic mass is 35.5. The number of rotatable bonds is 34. The topological polar surface area (TPSA) is 352 Å². The van der Waals surface area contributed by atoms with Crippen LogP contribution in [0.15, 0.2) is 60.7 Å². The number of Topliss-reactive ketones (excluding diaryl/α,β-unsaturated/α-hetero) is 2. The number of fused-ring (bicyclic) bond motifs is 14. The van der Waals surface area contributed by atoms with Crippen LogP contribution in [0.5, 0.6) is 34.5 Å². The highest BCUT2D eigenvalue weighted by Crippen LogP contribution is 2.66. The molecule has 0 aliphatic carbocycles. The molecule has 14 rings (SSSR count). The standard InChI is InChI=1S/2C47H51ClF6N3O11P/c2*1-26(58)13-14-28-24-34-39(35(48)37(28)67-43(62)44(2,3)4)66-38-31-12-10-20-57-19-9-11-27(36(31)57)23-33(38)45(34)32-25-29(15-16-30(32)40(59)68-45)69(63,64-21-7-5-17-55-41(60)46(49,50)51)65-22-8-6-18-56-42(61)47(52,53)54/h2*15-16,23-25H,5-14,17-22H2,1-4H3,(H,55,60)(H,56,61). The van der Waals surface area contributed by atoms with Crippen LogP contribution in [0.3, 0.4) is 0 Å². The molecule has 44 heteroatoms. The zero-order valence-corrected chi connectivity index (χ0v) is 79.8. The third kappa shape index (κ3) is 22.3. The number of alkyl halides is 12. The predicted octanol–water partition coefficient (Wildman–Crippen LogP) is 17.7. The van der Waals surface area contributed by atoms with E-state index in [1.807, 2.05) is 12.1 Å². The van der Waals surface area contributed by atoms with Gasteiger partial charge in [0.05, 0.1) is 59.0 Å². The van der Waals surface area contributed by atoms with Gasteiger partial charge < -0.3 is 87.2 Å². The van der Waals surface area contributed by atoms with E-state index in [-0.39, 0.29) is 192 Å². The molecule has 4 N–H and O–H groups in total. The van der Waals surface area contributed by atoms with E-state index in [2.05, 4.69) is 9.80 Å². The zero-order chi connectivity index (χ0) is 101. The summed E-state index contributed by atoms with van der Waals surface area (Å²) in [5.41, 5.74) is 2.11. The highest BCUT2D eigenvalue weighted by Gasteiger charge is 2.60. The molecule has 0 fully saturated rings. The van der Waals surface area contributed by atoms with Crippen molar-refractivity contribution in [3.8, 4) is 34.5 Å². The number of halogens is 14. The van der Waals surface area contributed by atoms with Gasteiger partial charge in [-0.15, -0.1) is 0 Å². The molecule has 748 valence electrons. The van der Waals surface area contributed by atoms with E-state index in [0.717, 1.165) is 85.5 Å². The molecule has 6 aromatic rings. The number of ether oxygens (including phenoxy) is 6. The Hall–Kier alpha value is -10.3. The van der Waals surface area contributed by atoms with Crippen LogP contribution in [0.2, 0.25) is 10.0 Å². The molecule has 8 heterocycles. The van der Waals surface area contributed by atoms with E-state index < -0.39 is 136 Å². The van der Waals surface area contributed by atoms with Crippen molar-refractivity contribution in [2.75, 3.05) is 88.6 Å². The van der Waals surface area contributed by atoms with Gasteiger partial charge in [-0.3, -0.25) is 37.9 Å². The molecular formula is C94H102Cl2F12N6O22P2.